The molecule has 4 rings (SSSR count). The van der Waals surface area contributed by atoms with Crippen molar-refractivity contribution in [1.29, 1.82) is 5.26 Å². The van der Waals surface area contributed by atoms with Gasteiger partial charge in [-0.3, -0.25) is 9.69 Å². The molecule has 0 atom stereocenters. The second kappa shape index (κ2) is 13.5. The molecule has 2 saturated heterocycles. The molecule has 37 heavy (non-hydrogen) atoms. The summed E-state index contributed by atoms with van der Waals surface area (Å²) in [4.78, 5) is 18.1. The molecular weight excluding hydrogens is 486 g/mol. The van der Waals surface area contributed by atoms with Gasteiger partial charge >= 0.3 is 5.97 Å². The van der Waals surface area contributed by atoms with Crippen LogP contribution in [-0.2, 0) is 9.53 Å². The lowest BCUT2D eigenvalue weighted by Crippen LogP contribution is -2.40. The lowest BCUT2D eigenvalue weighted by Gasteiger charge is -2.32. The van der Waals surface area contributed by atoms with Crippen LogP contribution < -0.4 is 14.4 Å². The van der Waals surface area contributed by atoms with E-state index in [-0.39, 0.29) is 12.1 Å². The normalized spacial score (nSPS) is 18.0. The second-order valence-corrected chi connectivity index (χ2v) is 10.7. The number of likely N-dealkylation sites (tertiary alicyclic amines) is 1. The number of nitriles is 1. The summed E-state index contributed by atoms with van der Waals surface area (Å²) in [5, 5.41) is 10.9. The number of benzene rings is 1. The molecule has 0 saturated carbocycles. The Morgan fingerprint density at radius 2 is 1.70 bits per heavy atom. The zero-order chi connectivity index (χ0) is 26.0. The van der Waals surface area contributed by atoms with E-state index in [9.17, 15) is 10.1 Å². The summed E-state index contributed by atoms with van der Waals surface area (Å²) in [7, 11) is 3.18. The van der Waals surface area contributed by atoms with E-state index in [0.29, 0.717) is 23.6 Å². The van der Waals surface area contributed by atoms with Gasteiger partial charge in [-0.25, -0.2) is 0 Å². The minimum Gasteiger partial charge on any atom is -0.493 e. The molecule has 0 radical (unpaired) electrons. The molecule has 3 heterocycles. The predicted molar refractivity (Wildman–Crippen MR) is 148 cm³/mol. The summed E-state index contributed by atoms with van der Waals surface area (Å²) in [6, 6.07) is 12.0. The molecule has 7 nitrogen and oxygen atoms in total. The number of piperidine rings is 1. The van der Waals surface area contributed by atoms with Gasteiger partial charge in [0, 0.05) is 30.8 Å². The Bertz CT molecular complexity index is 1110. The quantitative estimate of drug-likeness (QED) is 0.329. The number of rotatable bonds is 8. The van der Waals surface area contributed by atoms with Gasteiger partial charge in [-0.2, -0.15) is 5.26 Å². The van der Waals surface area contributed by atoms with Gasteiger partial charge in [0.05, 0.1) is 37.4 Å². The molecule has 0 aliphatic carbocycles. The standard InChI is InChI=1S/C29H37N3O4S/c1-34-26-10-8-22(19-27(26)35-2)23(20-30)18-25-9-11-28(37-25)32-16-12-24(13-17-32)36-29(33)21-31-14-6-4-3-5-7-15-31/h8-11,18-19,24H,3-7,12-17,21H2,1-2H3/b23-18+. The van der Waals surface area contributed by atoms with Crippen LogP contribution in [0.15, 0.2) is 30.3 Å². The van der Waals surface area contributed by atoms with Gasteiger partial charge in [-0.15, -0.1) is 11.3 Å². The van der Waals surface area contributed by atoms with E-state index >= 15 is 0 Å². The minimum atomic E-state index is -0.0817. The molecule has 2 aliphatic heterocycles. The lowest BCUT2D eigenvalue weighted by atomic mass is 10.1. The average Bonchev–Trinajstić information content (AvgIpc) is 3.37. The number of allylic oxidation sites excluding steroid dienone is 1. The van der Waals surface area contributed by atoms with E-state index in [2.05, 4.69) is 21.9 Å². The molecule has 1 aromatic heterocycles. The predicted octanol–water partition coefficient (Wildman–Crippen LogP) is 5.61. The van der Waals surface area contributed by atoms with Crippen molar-refractivity contribution < 1.29 is 19.0 Å². The Hall–Kier alpha value is -3.02. The number of anilines is 1. The highest BCUT2D eigenvalue weighted by atomic mass is 32.1. The van der Waals surface area contributed by atoms with Gasteiger partial charge in [-0.05, 0) is 67.9 Å². The van der Waals surface area contributed by atoms with Crippen LogP contribution in [0.4, 0.5) is 5.00 Å². The summed E-state index contributed by atoms with van der Waals surface area (Å²) < 4.78 is 16.5. The van der Waals surface area contributed by atoms with Crippen LogP contribution in [0.3, 0.4) is 0 Å². The van der Waals surface area contributed by atoms with Crippen molar-refractivity contribution in [3.63, 3.8) is 0 Å². The Morgan fingerprint density at radius 1 is 1.00 bits per heavy atom. The smallest absolute Gasteiger partial charge is 0.320 e. The van der Waals surface area contributed by atoms with E-state index in [1.165, 1.54) is 37.1 Å². The Labute approximate surface area is 224 Å². The fourth-order valence-electron chi connectivity index (χ4n) is 4.99. The molecule has 0 bridgehead atoms. The number of nitrogens with zero attached hydrogens (tertiary/aromatic N) is 3. The van der Waals surface area contributed by atoms with Gasteiger partial charge in [0.15, 0.2) is 11.5 Å². The lowest BCUT2D eigenvalue weighted by molar-refractivity contribution is -0.151. The second-order valence-electron chi connectivity index (χ2n) is 9.64. The number of carbonyl (C=O) groups excluding carboxylic acids is 1. The molecular formula is C29H37N3O4S. The molecule has 1 aromatic carbocycles. The topological polar surface area (TPSA) is 75.0 Å². The van der Waals surface area contributed by atoms with Gasteiger partial charge in [0.1, 0.15) is 6.10 Å². The highest BCUT2D eigenvalue weighted by Crippen LogP contribution is 2.34. The highest BCUT2D eigenvalue weighted by Gasteiger charge is 2.24. The third-order valence-corrected chi connectivity index (χ3v) is 8.16. The average molecular weight is 524 g/mol. The molecule has 0 amide bonds. The van der Waals surface area contributed by atoms with Crippen LogP contribution in [0.25, 0.3) is 11.6 Å². The maximum absolute atomic E-state index is 12.5. The van der Waals surface area contributed by atoms with Crippen LogP contribution >= 0.6 is 11.3 Å². The summed E-state index contributed by atoms with van der Waals surface area (Å²) >= 11 is 1.67. The third kappa shape index (κ3) is 7.50. The zero-order valence-electron chi connectivity index (χ0n) is 21.9. The Balaban J connectivity index is 1.30. The highest BCUT2D eigenvalue weighted by molar-refractivity contribution is 7.17. The molecule has 0 spiro atoms. The first-order valence-corrected chi connectivity index (χ1v) is 14.0. The van der Waals surface area contributed by atoms with Crippen LogP contribution in [-0.4, -0.2) is 63.9 Å². The van der Waals surface area contributed by atoms with Crippen molar-refractivity contribution in [2.45, 2.75) is 51.0 Å². The van der Waals surface area contributed by atoms with Gasteiger partial charge < -0.3 is 19.1 Å². The SMILES string of the molecule is COc1ccc(/C(C#N)=C/c2ccc(N3CCC(OC(=O)CN4CCCCCCC4)CC3)s2)cc1OC. The number of hydrogen-bond acceptors (Lipinski definition) is 8. The van der Waals surface area contributed by atoms with Crippen molar-refractivity contribution in [3.05, 3.63) is 40.8 Å². The summed E-state index contributed by atoms with van der Waals surface area (Å²) in [5.74, 6) is 1.15. The van der Waals surface area contributed by atoms with Crippen molar-refractivity contribution in [3.8, 4) is 17.6 Å². The number of ether oxygens (including phenoxy) is 3. The van der Waals surface area contributed by atoms with Gasteiger partial charge in [0.25, 0.3) is 0 Å². The molecule has 2 aliphatic rings. The number of esters is 1. The summed E-state index contributed by atoms with van der Waals surface area (Å²) in [6.45, 7) is 4.13. The van der Waals surface area contributed by atoms with Crippen LogP contribution in [0, 0.1) is 11.3 Å². The summed E-state index contributed by atoms with van der Waals surface area (Å²) in [6.07, 6.45) is 9.77. The van der Waals surface area contributed by atoms with E-state index in [4.69, 9.17) is 14.2 Å². The number of hydrogen-bond donors (Lipinski definition) is 0. The van der Waals surface area contributed by atoms with Crippen molar-refractivity contribution >= 4 is 34.0 Å². The molecule has 198 valence electrons. The van der Waals surface area contributed by atoms with Crippen molar-refractivity contribution in [2.75, 3.05) is 51.8 Å². The molecule has 8 heteroatoms. The van der Waals surface area contributed by atoms with Crippen LogP contribution in [0.1, 0.15) is 55.4 Å². The first-order chi connectivity index (χ1) is 18.1. The van der Waals surface area contributed by atoms with Crippen LogP contribution in [0.2, 0.25) is 0 Å². The zero-order valence-corrected chi connectivity index (χ0v) is 22.7. The maximum atomic E-state index is 12.5. The fourth-order valence-corrected chi connectivity index (χ4v) is 5.99. The molecule has 0 unspecified atom stereocenters. The molecule has 0 N–H and O–H groups in total. The van der Waals surface area contributed by atoms with E-state index in [1.807, 2.05) is 30.3 Å². The van der Waals surface area contributed by atoms with E-state index in [0.717, 1.165) is 49.5 Å². The first-order valence-electron chi connectivity index (χ1n) is 13.2. The summed E-state index contributed by atoms with van der Waals surface area (Å²) in [5.41, 5.74) is 1.36. The Kier molecular flexibility index (Phi) is 9.86. The van der Waals surface area contributed by atoms with Crippen molar-refractivity contribution in [2.24, 2.45) is 0 Å². The number of methoxy groups -OCH3 is 2. The number of carbonyl (C=O) groups is 1. The molecule has 2 fully saturated rings. The van der Waals surface area contributed by atoms with E-state index < -0.39 is 0 Å². The van der Waals surface area contributed by atoms with Gasteiger partial charge in [0.2, 0.25) is 0 Å². The number of thiophene rings is 1. The minimum absolute atomic E-state index is 0.00641. The first kappa shape index (κ1) is 27.0. The van der Waals surface area contributed by atoms with E-state index in [1.54, 1.807) is 25.6 Å². The van der Waals surface area contributed by atoms with Crippen molar-refractivity contribution in [1.82, 2.24) is 4.90 Å². The monoisotopic (exact) mass is 523 g/mol. The van der Waals surface area contributed by atoms with Gasteiger partial charge in [-0.1, -0.05) is 19.3 Å². The Morgan fingerprint density at radius 3 is 2.38 bits per heavy atom. The fraction of sp³-hybridized carbons (Fsp3) is 0.517. The maximum Gasteiger partial charge on any atom is 0.320 e. The third-order valence-electron chi connectivity index (χ3n) is 7.07. The van der Waals surface area contributed by atoms with Crippen LogP contribution in [0.5, 0.6) is 11.5 Å². The molecule has 2 aromatic rings. The largest absolute Gasteiger partial charge is 0.493 e.